The van der Waals surface area contributed by atoms with Crippen LogP contribution in [0.25, 0.3) is 0 Å². The summed E-state index contributed by atoms with van der Waals surface area (Å²) >= 11 is 0. The zero-order valence-electron chi connectivity index (χ0n) is 10.8. The van der Waals surface area contributed by atoms with Crippen molar-refractivity contribution in [3.8, 4) is 0 Å². The van der Waals surface area contributed by atoms with Crippen LogP contribution in [-0.4, -0.2) is 49.6 Å². The highest BCUT2D eigenvalue weighted by molar-refractivity contribution is 6.01. The van der Waals surface area contributed by atoms with Crippen molar-refractivity contribution in [3.63, 3.8) is 0 Å². The summed E-state index contributed by atoms with van der Waals surface area (Å²) in [6.07, 6.45) is 0. The van der Waals surface area contributed by atoms with E-state index in [0.717, 1.165) is 0 Å². The van der Waals surface area contributed by atoms with Crippen molar-refractivity contribution in [2.75, 3.05) is 32.5 Å². The number of benzene rings is 1. The van der Waals surface area contributed by atoms with Crippen LogP contribution in [-0.2, 0) is 9.53 Å². The van der Waals surface area contributed by atoms with Gasteiger partial charge in [-0.15, -0.1) is 0 Å². The number of nitrogens with one attached hydrogen (secondary N) is 1. The number of carbonyl (C=O) groups is 2. The number of rotatable bonds is 2. The van der Waals surface area contributed by atoms with E-state index in [1.54, 1.807) is 24.3 Å². The maximum absolute atomic E-state index is 12.5. The van der Waals surface area contributed by atoms with E-state index in [9.17, 15) is 9.59 Å². The molecule has 1 aliphatic rings. The molecule has 0 aromatic heterocycles. The molecule has 102 valence electrons. The lowest BCUT2D eigenvalue weighted by atomic mass is 10.1. The largest absolute Gasteiger partial charge is 0.398 e. The molecule has 2 amide bonds. The average molecular weight is 263 g/mol. The Labute approximate surface area is 111 Å². The van der Waals surface area contributed by atoms with Gasteiger partial charge in [-0.1, -0.05) is 12.1 Å². The maximum atomic E-state index is 12.5. The van der Waals surface area contributed by atoms with Crippen LogP contribution in [0.5, 0.6) is 0 Å². The fourth-order valence-corrected chi connectivity index (χ4v) is 2.08. The summed E-state index contributed by atoms with van der Waals surface area (Å²) < 4.78 is 5.27. The number of morpholine rings is 1. The predicted molar refractivity (Wildman–Crippen MR) is 70.6 cm³/mol. The molecule has 19 heavy (non-hydrogen) atoms. The number of hydrogen-bond donors (Lipinski definition) is 2. The quantitative estimate of drug-likeness (QED) is 0.727. The van der Waals surface area contributed by atoms with Crippen molar-refractivity contribution in [1.29, 1.82) is 0 Å². The molecule has 1 saturated heterocycles. The van der Waals surface area contributed by atoms with E-state index in [4.69, 9.17) is 10.5 Å². The van der Waals surface area contributed by atoms with Crippen LogP contribution in [0.4, 0.5) is 5.69 Å². The summed E-state index contributed by atoms with van der Waals surface area (Å²) in [6, 6.07) is 6.24. The summed E-state index contributed by atoms with van der Waals surface area (Å²) in [7, 11) is 1.54. The first-order valence-electron chi connectivity index (χ1n) is 6.10. The molecule has 0 spiro atoms. The Hall–Kier alpha value is -2.08. The Bertz CT molecular complexity index is 490. The zero-order chi connectivity index (χ0) is 13.8. The first kappa shape index (κ1) is 13.4. The number of carbonyl (C=O) groups excluding carboxylic acids is 2. The minimum Gasteiger partial charge on any atom is -0.398 e. The Kier molecular flexibility index (Phi) is 4.01. The molecular formula is C13H17N3O3. The molecule has 6 heteroatoms. The molecule has 0 radical (unpaired) electrons. The standard InChI is InChI=1S/C13H17N3O3/c1-15-12(17)11-8-19-7-6-16(11)13(18)9-4-2-3-5-10(9)14/h2-5,11H,6-8,14H2,1H3,(H,15,17). The molecule has 1 aromatic carbocycles. The normalized spacial score (nSPS) is 19.0. The SMILES string of the molecule is CNC(=O)C1COCCN1C(=O)c1ccccc1N. The third kappa shape index (κ3) is 2.68. The van der Waals surface area contributed by atoms with Crippen LogP contribution in [0.2, 0.25) is 0 Å². The van der Waals surface area contributed by atoms with Crippen LogP contribution in [0.3, 0.4) is 0 Å². The Morgan fingerprint density at radius 3 is 2.84 bits per heavy atom. The van der Waals surface area contributed by atoms with Crippen molar-refractivity contribution >= 4 is 17.5 Å². The Morgan fingerprint density at radius 2 is 2.16 bits per heavy atom. The molecule has 1 unspecified atom stereocenters. The number of nitrogens with zero attached hydrogens (tertiary/aromatic N) is 1. The van der Waals surface area contributed by atoms with Crippen LogP contribution in [0.1, 0.15) is 10.4 Å². The van der Waals surface area contributed by atoms with Crippen LogP contribution >= 0.6 is 0 Å². The van der Waals surface area contributed by atoms with Crippen molar-refractivity contribution in [2.24, 2.45) is 0 Å². The van der Waals surface area contributed by atoms with Gasteiger partial charge in [-0.3, -0.25) is 9.59 Å². The van der Waals surface area contributed by atoms with Gasteiger partial charge in [0.15, 0.2) is 0 Å². The molecule has 0 aliphatic carbocycles. The second-order valence-electron chi connectivity index (χ2n) is 4.29. The highest BCUT2D eigenvalue weighted by Gasteiger charge is 2.33. The van der Waals surface area contributed by atoms with E-state index in [1.165, 1.54) is 11.9 Å². The Morgan fingerprint density at radius 1 is 1.42 bits per heavy atom. The molecule has 1 aliphatic heterocycles. The van der Waals surface area contributed by atoms with Gasteiger partial charge < -0.3 is 20.7 Å². The second kappa shape index (κ2) is 5.71. The smallest absolute Gasteiger partial charge is 0.256 e. The predicted octanol–water partition coefficient (Wildman–Crippen LogP) is -0.144. The number of para-hydroxylation sites is 1. The van der Waals surface area contributed by atoms with Crippen molar-refractivity contribution in [2.45, 2.75) is 6.04 Å². The molecule has 0 saturated carbocycles. The minimum absolute atomic E-state index is 0.206. The number of anilines is 1. The van der Waals surface area contributed by atoms with Gasteiger partial charge in [-0.05, 0) is 12.1 Å². The monoisotopic (exact) mass is 263 g/mol. The summed E-state index contributed by atoms with van der Waals surface area (Å²) in [5, 5.41) is 2.54. The van der Waals surface area contributed by atoms with Crippen molar-refractivity contribution in [3.05, 3.63) is 29.8 Å². The van der Waals surface area contributed by atoms with Gasteiger partial charge in [0, 0.05) is 19.3 Å². The highest BCUT2D eigenvalue weighted by atomic mass is 16.5. The molecule has 3 N–H and O–H groups in total. The van der Waals surface area contributed by atoms with Gasteiger partial charge in [-0.25, -0.2) is 0 Å². The molecule has 2 rings (SSSR count). The minimum atomic E-state index is -0.606. The van der Waals surface area contributed by atoms with Crippen LogP contribution in [0.15, 0.2) is 24.3 Å². The van der Waals surface area contributed by atoms with Crippen molar-refractivity contribution < 1.29 is 14.3 Å². The van der Waals surface area contributed by atoms with E-state index in [1.807, 2.05) is 0 Å². The first-order chi connectivity index (χ1) is 9.15. The van der Waals surface area contributed by atoms with Crippen LogP contribution < -0.4 is 11.1 Å². The highest BCUT2D eigenvalue weighted by Crippen LogP contribution is 2.17. The van der Waals surface area contributed by atoms with E-state index in [2.05, 4.69) is 5.32 Å². The topological polar surface area (TPSA) is 84.7 Å². The fourth-order valence-electron chi connectivity index (χ4n) is 2.08. The van der Waals surface area contributed by atoms with Gasteiger partial charge in [0.05, 0.1) is 18.8 Å². The first-order valence-corrected chi connectivity index (χ1v) is 6.10. The fraction of sp³-hybridized carbons (Fsp3) is 0.385. The summed E-state index contributed by atoms with van der Waals surface area (Å²) in [5.74, 6) is -0.474. The maximum Gasteiger partial charge on any atom is 0.256 e. The van der Waals surface area contributed by atoms with Gasteiger partial charge in [0.25, 0.3) is 5.91 Å². The van der Waals surface area contributed by atoms with Crippen LogP contribution in [0, 0.1) is 0 Å². The number of nitrogen functional groups attached to an aromatic ring is 1. The van der Waals surface area contributed by atoms with Gasteiger partial charge in [-0.2, -0.15) is 0 Å². The third-order valence-corrected chi connectivity index (χ3v) is 3.13. The number of amides is 2. The lowest BCUT2D eigenvalue weighted by Crippen LogP contribution is -2.55. The number of nitrogens with two attached hydrogens (primary N) is 1. The molecule has 1 fully saturated rings. The van der Waals surface area contributed by atoms with E-state index < -0.39 is 6.04 Å². The summed E-state index contributed by atoms with van der Waals surface area (Å²) in [6.45, 7) is 1.01. The lowest BCUT2D eigenvalue weighted by molar-refractivity contribution is -0.130. The third-order valence-electron chi connectivity index (χ3n) is 3.13. The van der Waals surface area contributed by atoms with Crippen molar-refractivity contribution in [1.82, 2.24) is 10.2 Å². The molecular weight excluding hydrogens is 246 g/mol. The second-order valence-corrected chi connectivity index (χ2v) is 4.29. The number of hydrogen-bond acceptors (Lipinski definition) is 4. The average Bonchev–Trinajstić information content (AvgIpc) is 2.46. The van der Waals surface area contributed by atoms with Gasteiger partial charge in [0.2, 0.25) is 5.91 Å². The summed E-state index contributed by atoms with van der Waals surface area (Å²) in [4.78, 5) is 25.8. The lowest BCUT2D eigenvalue weighted by Gasteiger charge is -2.34. The van der Waals surface area contributed by atoms with E-state index >= 15 is 0 Å². The molecule has 1 heterocycles. The van der Waals surface area contributed by atoms with Gasteiger partial charge >= 0.3 is 0 Å². The number of ether oxygens (including phenoxy) is 1. The molecule has 1 aromatic rings. The molecule has 0 bridgehead atoms. The number of likely N-dealkylation sites (N-methyl/N-ethyl adjacent to an activating group) is 1. The van der Waals surface area contributed by atoms with Gasteiger partial charge in [0.1, 0.15) is 6.04 Å². The molecule has 1 atom stereocenters. The van der Waals surface area contributed by atoms with E-state index in [0.29, 0.717) is 24.4 Å². The molecule has 6 nitrogen and oxygen atoms in total. The van der Waals surface area contributed by atoms with E-state index in [-0.39, 0.29) is 18.4 Å². The zero-order valence-corrected chi connectivity index (χ0v) is 10.8. The summed E-state index contributed by atoms with van der Waals surface area (Å²) in [5.41, 5.74) is 6.63. The Balaban J connectivity index is 2.25.